The molecule has 0 fully saturated rings. The van der Waals surface area contributed by atoms with Crippen LogP contribution in [0.3, 0.4) is 0 Å². The highest BCUT2D eigenvalue weighted by Crippen LogP contribution is 2.59. The molecule has 1 unspecified atom stereocenters. The number of hydrogen-bond acceptors (Lipinski definition) is 1. The zero-order chi connectivity index (χ0) is 34.4. The van der Waals surface area contributed by atoms with Crippen molar-refractivity contribution in [2.24, 2.45) is 0 Å². The van der Waals surface area contributed by atoms with Crippen molar-refractivity contribution in [3.05, 3.63) is 188 Å². The van der Waals surface area contributed by atoms with Crippen molar-refractivity contribution in [3.8, 4) is 66.8 Å². The number of benzene rings is 9. The van der Waals surface area contributed by atoms with Crippen LogP contribution >= 0.6 is 7.14 Å². The number of hydrogen-bond donors (Lipinski definition) is 0. The lowest BCUT2D eigenvalue weighted by atomic mass is 9.82. The molecule has 2 heteroatoms. The lowest BCUT2D eigenvalue weighted by molar-refractivity contribution is 0.593. The van der Waals surface area contributed by atoms with E-state index in [1.165, 1.54) is 71.6 Å². The predicted molar refractivity (Wildman–Crippen MR) is 221 cm³/mol. The summed E-state index contributed by atoms with van der Waals surface area (Å²) in [5.74, 6) is 0. The van der Waals surface area contributed by atoms with Crippen molar-refractivity contribution in [2.45, 2.75) is 0 Å². The topological polar surface area (TPSA) is 17.1 Å². The van der Waals surface area contributed by atoms with E-state index in [2.05, 4.69) is 152 Å². The highest BCUT2D eigenvalue weighted by molar-refractivity contribution is 7.86. The summed E-state index contributed by atoms with van der Waals surface area (Å²) in [6, 6.07) is 67.0. The molecule has 0 amide bonds. The summed E-state index contributed by atoms with van der Waals surface area (Å²) < 4.78 is 15.1. The Morgan fingerprint density at radius 3 is 1.48 bits per heavy atom. The van der Waals surface area contributed by atoms with Crippen molar-refractivity contribution >= 4 is 44.6 Å². The van der Waals surface area contributed by atoms with E-state index in [9.17, 15) is 0 Å². The number of rotatable bonds is 4. The second kappa shape index (κ2) is 11.1. The fourth-order valence-corrected chi connectivity index (χ4v) is 12.1. The second-order valence-corrected chi connectivity index (χ2v) is 16.6. The first kappa shape index (κ1) is 29.5. The van der Waals surface area contributed by atoms with Crippen LogP contribution in [0.2, 0.25) is 0 Å². The van der Waals surface area contributed by atoms with Crippen LogP contribution in [-0.2, 0) is 4.57 Å². The monoisotopic (exact) mass is 678 g/mol. The molecule has 1 aliphatic heterocycles. The molecule has 52 heavy (non-hydrogen) atoms. The Balaban J connectivity index is 1.19. The molecule has 1 aliphatic carbocycles. The summed E-state index contributed by atoms with van der Waals surface area (Å²) in [5.41, 5.74) is 14.6. The molecule has 0 bridgehead atoms. The lowest BCUT2D eigenvalue weighted by Gasteiger charge is -2.20. The van der Waals surface area contributed by atoms with Crippen LogP contribution in [0.25, 0.3) is 88.3 Å². The summed E-state index contributed by atoms with van der Waals surface area (Å²) in [5, 5.41) is 7.77. The maximum Gasteiger partial charge on any atom is 0.172 e. The van der Waals surface area contributed by atoms with E-state index in [0.29, 0.717) is 0 Å². The van der Waals surface area contributed by atoms with Gasteiger partial charge in [0.05, 0.1) is 0 Å². The van der Waals surface area contributed by atoms with Gasteiger partial charge in [-0.1, -0.05) is 176 Å². The summed E-state index contributed by atoms with van der Waals surface area (Å²) in [4.78, 5) is 0. The van der Waals surface area contributed by atoms with Gasteiger partial charge in [0, 0.05) is 15.9 Å². The summed E-state index contributed by atoms with van der Waals surface area (Å²) in [7, 11) is -3.00. The van der Waals surface area contributed by atoms with Crippen molar-refractivity contribution in [1.29, 1.82) is 0 Å². The maximum absolute atomic E-state index is 15.1. The normalized spacial score (nSPS) is 15.1. The highest BCUT2D eigenvalue weighted by Gasteiger charge is 2.40. The molecule has 0 spiro atoms. The van der Waals surface area contributed by atoms with E-state index < -0.39 is 7.14 Å². The molecular formula is C50H31OP. The summed E-state index contributed by atoms with van der Waals surface area (Å²) >= 11 is 0. The largest absolute Gasteiger partial charge is 0.309 e. The zero-order valence-electron chi connectivity index (χ0n) is 28.3. The third-order valence-electron chi connectivity index (χ3n) is 11.2. The van der Waals surface area contributed by atoms with E-state index in [1.54, 1.807) is 0 Å². The van der Waals surface area contributed by atoms with Gasteiger partial charge in [0.1, 0.15) is 0 Å². The minimum Gasteiger partial charge on any atom is -0.309 e. The fraction of sp³-hybridized carbons (Fsp3) is 0. The first-order valence-corrected chi connectivity index (χ1v) is 19.6. The molecule has 0 radical (unpaired) electrons. The Labute approximate surface area is 302 Å². The molecule has 0 N–H and O–H groups in total. The van der Waals surface area contributed by atoms with Gasteiger partial charge in [0.15, 0.2) is 7.14 Å². The molecule has 242 valence electrons. The van der Waals surface area contributed by atoms with Crippen LogP contribution in [0.1, 0.15) is 0 Å². The van der Waals surface area contributed by atoms with E-state index in [-0.39, 0.29) is 0 Å². The quantitative estimate of drug-likeness (QED) is 0.169. The second-order valence-electron chi connectivity index (χ2n) is 13.9. The highest BCUT2D eigenvalue weighted by atomic mass is 31.2. The Kier molecular flexibility index (Phi) is 6.30. The van der Waals surface area contributed by atoms with Gasteiger partial charge < -0.3 is 4.57 Å². The molecular weight excluding hydrogens is 648 g/mol. The van der Waals surface area contributed by atoms with Crippen molar-refractivity contribution < 1.29 is 4.57 Å². The summed E-state index contributed by atoms with van der Waals surface area (Å²) in [6.45, 7) is 0. The fourth-order valence-electron chi connectivity index (χ4n) is 9.08. The van der Waals surface area contributed by atoms with E-state index >= 15 is 4.57 Å². The molecule has 1 heterocycles. The van der Waals surface area contributed by atoms with Crippen molar-refractivity contribution in [1.82, 2.24) is 0 Å². The van der Waals surface area contributed by atoms with E-state index in [0.717, 1.165) is 32.6 Å². The molecule has 1 atom stereocenters. The number of fused-ring (bicyclic) bond motifs is 7. The molecule has 0 aromatic heterocycles. The lowest BCUT2D eigenvalue weighted by Crippen LogP contribution is -2.20. The molecule has 0 saturated carbocycles. The van der Waals surface area contributed by atoms with Crippen molar-refractivity contribution in [2.75, 3.05) is 0 Å². The smallest absolute Gasteiger partial charge is 0.172 e. The van der Waals surface area contributed by atoms with Gasteiger partial charge in [-0.3, -0.25) is 0 Å². The average molecular weight is 679 g/mol. The average Bonchev–Trinajstić information content (AvgIpc) is 3.68. The predicted octanol–water partition coefficient (Wildman–Crippen LogP) is 12.3. The van der Waals surface area contributed by atoms with Crippen LogP contribution in [0.15, 0.2) is 188 Å². The molecule has 9 aromatic rings. The third-order valence-corrected chi connectivity index (χ3v) is 14.4. The summed E-state index contributed by atoms with van der Waals surface area (Å²) in [6.07, 6.45) is 0. The van der Waals surface area contributed by atoms with Gasteiger partial charge >= 0.3 is 0 Å². The standard InChI is InChI=1S/C50H31OP/c51-52(35-19-8-3-9-20-35)44-26-13-12-21-37(44)43-31-34(27-30-45(43)52)36-28-29-42-48-38(36)24-14-25-41(48)49-46(32-15-4-1-5-16-32)39-22-10-11-23-40(39)47(50(42)49)33-17-6-2-7-18-33/h1-31H. The third kappa shape index (κ3) is 3.97. The molecule has 9 aromatic carbocycles. The van der Waals surface area contributed by atoms with E-state index in [4.69, 9.17) is 0 Å². The Morgan fingerprint density at radius 2 is 0.808 bits per heavy atom. The van der Waals surface area contributed by atoms with E-state index in [1.807, 2.05) is 36.4 Å². The zero-order valence-corrected chi connectivity index (χ0v) is 29.1. The molecule has 0 saturated heterocycles. The maximum atomic E-state index is 15.1. The first-order chi connectivity index (χ1) is 25.7. The minimum absolute atomic E-state index is 0.882. The Morgan fingerprint density at radius 1 is 0.308 bits per heavy atom. The van der Waals surface area contributed by atoms with Crippen LogP contribution in [0.4, 0.5) is 0 Å². The Bertz CT molecular complexity index is 2870. The van der Waals surface area contributed by atoms with Crippen molar-refractivity contribution in [3.63, 3.8) is 0 Å². The molecule has 11 rings (SSSR count). The van der Waals surface area contributed by atoms with Gasteiger partial charge in [-0.25, -0.2) is 0 Å². The molecule has 1 nitrogen and oxygen atoms in total. The SMILES string of the molecule is O=P1(c2ccccc2)c2ccccc2-c2cc(-c3ccc4c5c(cccc35)-c3c-4c(-c4ccccc4)c4ccccc4c3-c3ccccc3)ccc21. The van der Waals surface area contributed by atoms with Crippen LogP contribution < -0.4 is 15.9 Å². The van der Waals surface area contributed by atoms with Gasteiger partial charge in [-0.2, -0.15) is 0 Å². The van der Waals surface area contributed by atoms with Gasteiger partial charge in [-0.05, 0) is 100 Å². The minimum atomic E-state index is -3.00. The molecule has 2 aliphatic rings. The van der Waals surface area contributed by atoms with Crippen LogP contribution in [0.5, 0.6) is 0 Å². The van der Waals surface area contributed by atoms with Gasteiger partial charge in [0.25, 0.3) is 0 Å². The van der Waals surface area contributed by atoms with Crippen LogP contribution in [0, 0.1) is 0 Å². The van der Waals surface area contributed by atoms with Gasteiger partial charge in [-0.15, -0.1) is 0 Å². The first-order valence-electron chi connectivity index (χ1n) is 17.9. The van der Waals surface area contributed by atoms with Gasteiger partial charge in [0.2, 0.25) is 0 Å². The van der Waals surface area contributed by atoms with Crippen LogP contribution in [-0.4, -0.2) is 0 Å². The Hall–Kier alpha value is -6.27.